The number of amides is 2. The summed E-state index contributed by atoms with van der Waals surface area (Å²) in [6.45, 7) is 5.93. The maximum atomic E-state index is 13.7. The van der Waals surface area contributed by atoms with Gasteiger partial charge in [0.05, 0.1) is 5.92 Å². The van der Waals surface area contributed by atoms with E-state index in [0.29, 0.717) is 5.56 Å². The molecule has 5 heteroatoms. The monoisotopic (exact) mass is 297 g/mol. The molecular weight excluding hydrogens is 276 g/mol. The number of carbonyl (C=O) groups is 2. The minimum Gasteiger partial charge on any atom is -0.296 e. The highest BCUT2D eigenvalue weighted by Crippen LogP contribution is 2.29. The van der Waals surface area contributed by atoms with Crippen molar-refractivity contribution < 1.29 is 18.4 Å². The fraction of sp³-hybridized carbons (Fsp3) is 0.500. The number of halogens is 2. The Morgan fingerprint density at radius 3 is 2.10 bits per heavy atom. The normalized spacial score (nSPS) is 17.9. The molecule has 1 atom stereocenters. The van der Waals surface area contributed by atoms with Crippen LogP contribution in [-0.4, -0.2) is 11.8 Å². The van der Waals surface area contributed by atoms with Gasteiger partial charge in [-0.05, 0) is 31.0 Å². The Labute approximate surface area is 123 Å². The van der Waals surface area contributed by atoms with Crippen LogP contribution in [0.5, 0.6) is 0 Å². The maximum Gasteiger partial charge on any atom is 0.234 e. The van der Waals surface area contributed by atoms with Gasteiger partial charge in [-0.25, -0.2) is 8.78 Å². The number of benzene rings is 1. The highest BCUT2D eigenvalue weighted by Gasteiger charge is 2.32. The van der Waals surface area contributed by atoms with Crippen LogP contribution in [0.2, 0.25) is 0 Å². The van der Waals surface area contributed by atoms with Crippen molar-refractivity contribution in [3.63, 3.8) is 0 Å². The van der Waals surface area contributed by atoms with E-state index in [0.717, 1.165) is 0 Å². The van der Waals surface area contributed by atoms with Gasteiger partial charge < -0.3 is 0 Å². The number of carbonyl (C=O) groups excluding carboxylic acids is 2. The number of imide groups is 1. The van der Waals surface area contributed by atoms with Crippen molar-refractivity contribution in [1.29, 1.82) is 0 Å². The summed E-state index contributed by atoms with van der Waals surface area (Å²) in [5, 5.41) is 2.09. The van der Waals surface area contributed by atoms with Gasteiger partial charge in [0, 0.05) is 12.0 Å². The van der Waals surface area contributed by atoms with Gasteiger partial charge in [-0.1, -0.05) is 26.7 Å². The molecule has 0 radical (unpaired) electrons. The van der Waals surface area contributed by atoms with Crippen LogP contribution in [0.25, 0.3) is 0 Å². The molecule has 1 unspecified atom stereocenters. The molecule has 0 aliphatic carbocycles. The standard InChI is InChI=1S/C12H11F2NO2.C4H10/c1-6-4-8(13)11(9(14)5-6)7-2-3-10(16)15-12(7)17;1-3-4-2/h4-5,7H,2-3H2,1H3,(H,15,16,17);3-4H2,1-2H3. The lowest BCUT2D eigenvalue weighted by atomic mass is 9.89. The minimum atomic E-state index is -0.923. The van der Waals surface area contributed by atoms with Gasteiger partial charge >= 0.3 is 0 Å². The van der Waals surface area contributed by atoms with Gasteiger partial charge in [0.15, 0.2) is 0 Å². The van der Waals surface area contributed by atoms with Crippen LogP contribution in [0.1, 0.15) is 56.6 Å². The largest absolute Gasteiger partial charge is 0.296 e. The second-order valence-electron chi connectivity index (χ2n) is 5.15. The van der Waals surface area contributed by atoms with E-state index in [-0.39, 0.29) is 18.4 Å². The first-order valence-electron chi connectivity index (χ1n) is 7.19. The molecule has 1 heterocycles. The molecule has 1 aliphatic rings. The molecule has 3 nitrogen and oxygen atoms in total. The molecule has 0 saturated carbocycles. The number of hydrogen-bond donors (Lipinski definition) is 1. The highest BCUT2D eigenvalue weighted by atomic mass is 19.1. The summed E-state index contributed by atoms with van der Waals surface area (Å²) in [4.78, 5) is 22.5. The summed E-state index contributed by atoms with van der Waals surface area (Å²) in [5.74, 6) is -3.44. The van der Waals surface area contributed by atoms with Crippen LogP contribution in [0, 0.1) is 18.6 Å². The summed E-state index contributed by atoms with van der Waals surface area (Å²) in [5.41, 5.74) is 0.205. The van der Waals surface area contributed by atoms with E-state index in [2.05, 4.69) is 19.2 Å². The van der Waals surface area contributed by atoms with Crippen LogP contribution in [-0.2, 0) is 9.59 Å². The fourth-order valence-corrected chi connectivity index (χ4v) is 2.01. The van der Waals surface area contributed by atoms with E-state index in [9.17, 15) is 18.4 Å². The highest BCUT2D eigenvalue weighted by molar-refractivity contribution is 6.00. The average molecular weight is 297 g/mol. The molecule has 1 saturated heterocycles. The Hall–Kier alpha value is -1.78. The molecular formula is C16H21F2NO2. The zero-order valence-corrected chi connectivity index (χ0v) is 12.6. The van der Waals surface area contributed by atoms with E-state index in [1.807, 2.05) is 0 Å². The summed E-state index contributed by atoms with van der Waals surface area (Å²) in [6, 6.07) is 2.37. The Morgan fingerprint density at radius 1 is 1.14 bits per heavy atom. The Kier molecular flexibility index (Phi) is 6.46. The van der Waals surface area contributed by atoms with E-state index in [4.69, 9.17) is 0 Å². The zero-order chi connectivity index (χ0) is 16.0. The lowest BCUT2D eigenvalue weighted by Crippen LogP contribution is -2.40. The first kappa shape index (κ1) is 17.3. The van der Waals surface area contributed by atoms with Crippen molar-refractivity contribution in [2.24, 2.45) is 0 Å². The molecule has 1 aromatic carbocycles. The van der Waals surface area contributed by atoms with Gasteiger partial charge in [-0.15, -0.1) is 0 Å². The van der Waals surface area contributed by atoms with Gasteiger partial charge in [-0.2, -0.15) is 0 Å². The number of hydrogen-bond acceptors (Lipinski definition) is 2. The van der Waals surface area contributed by atoms with E-state index >= 15 is 0 Å². The van der Waals surface area contributed by atoms with Crippen LogP contribution >= 0.6 is 0 Å². The van der Waals surface area contributed by atoms with Crippen LogP contribution in [0.15, 0.2) is 12.1 Å². The SMILES string of the molecule is CCCC.Cc1cc(F)c(C2CCC(=O)NC2=O)c(F)c1. The van der Waals surface area contributed by atoms with Crippen molar-refractivity contribution in [2.45, 2.75) is 52.4 Å². The average Bonchev–Trinajstić information content (AvgIpc) is 2.40. The van der Waals surface area contributed by atoms with Crippen molar-refractivity contribution in [1.82, 2.24) is 5.32 Å². The number of aryl methyl sites for hydroxylation is 1. The smallest absolute Gasteiger partial charge is 0.234 e. The van der Waals surface area contributed by atoms with Crippen molar-refractivity contribution in [3.05, 3.63) is 34.9 Å². The number of rotatable bonds is 2. The third-order valence-corrected chi connectivity index (χ3v) is 3.31. The second-order valence-corrected chi connectivity index (χ2v) is 5.15. The summed E-state index contributed by atoms with van der Waals surface area (Å²) >= 11 is 0. The predicted octanol–water partition coefficient (Wildman–Crippen LogP) is 3.60. The topological polar surface area (TPSA) is 46.2 Å². The zero-order valence-electron chi connectivity index (χ0n) is 12.6. The molecule has 21 heavy (non-hydrogen) atoms. The predicted molar refractivity (Wildman–Crippen MR) is 76.8 cm³/mol. The molecule has 116 valence electrons. The van der Waals surface area contributed by atoms with Crippen molar-refractivity contribution in [2.75, 3.05) is 0 Å². The molecule has 1 fully saturated rings. The number of piperidine rings is 1. The lowest BCUT2D eigenvalue weighted by molar-refractivity contribution is -0.134. The van der Waals surface area contributed by atoms with E-state index in [1.165, 1.54) is 25.0 Å². The van der Waals surface area contributed by atoms with Gasteiger partial charge in [-0.3, -0.25) is 14.9 Å². The molecule has 0 spiro atoms. The van der Waals surface area contributed by atoms with Crippen molar-refractivity contribution in [3.8, 4) is 0 Å². The lowest BCUT2D eigenvalue weighted by Gasteiger charge is -2.22. The van der Waals surface area contributed by atoms with Crippen LogP contribution in [0.3, 0.4) is 0 Å². The Balaban J connectivity index is 0.000000491. The molecule has 2 amide bonds. The van der Waals surface area contributed by atoms with E-state index < -0.39 is 29.4 Å². The summed E-state index contributed by atoms with van der Waals surface area (Å²) in [6.07, 6.45) is 2.88. The number of unbranched alkanes of at least 4 members (excludes halogenated alkanes) is 1. The van der Waals surface area contributed by atoms with Crippen molar-refractivity contribution >= 4 is 11.8 Å². The third kappa shape index (κ3) is 4.62. The minimum absolute atomic E-state index is 0.100. The van der Waals surface area contributed by atoms with Crippen LogP contribution in [0.4, 0.5) is 8.78 Å². The van der Waals surface area contributed by atoms with Gasteiger partial charge in [0.25, 0.3) is 0 Å². The Morgan fingerprint density at radius 2 is 1.67 bits per heavy atom. The summed E-state index contributed by atoms with van der Waals surface area (Å²) in [7, 11) is 0. The third-order valence-electron chi connectivity index (χ3n) is 3.31. The molecule has 1 aliphatic heterocycles. The van der Waals surface area contributed by atoms with Gasteiger partial charge in [0.2, 0.25) is 11.8 Å². The van der Waals surface area contributed by atoms with E-state index in [1.54, 1.807) is 6.92 Å². The molecule has 1 N–H and O–H groups in total. The first-order valence-corrected chi connectivity index (χ1v) is 7.19. The van der Waals surface area contributed by atoms with Gasteiger partial charge in [0.1, 0.15) is 11.6 Å². The first-order chi connectivity index (χ1) is 9.90. The molecule has 0 bridgehead atoms. The Bertz CT molecular complexity index is 504. The fourth-order valence-electron chi connectivity index (χ4n) is 2.01. The second kappa shape index (κ2) is 7.86. The molecule has 1 aromatic rings. The summed E-state index contributed by atoms with van der Waals surface area (Å²) < 4.78 is 27.3. The molecule has 2 rings (SSSR count). The number of nitrogens with one attached hydrogen (secondary N) is 1. The maximum absolute atomic E-state index is 13.7. The molecule has 0 aromatic heterocycles. The quantitative estimate of drug-likeness (QED) is 0.848. The van der Waals surface area contributed by atoms with Crippen LogP contribution < -0.4 is 5.32 Å².